The smallest absolute Gasteiger partial charge is 0.410 e. The third-order valence-electron chi connectivity index (χ3n) is 7.70. The van der Waals surface area contributed by atoms with Crippen LogP contribution < -0.4 is 15.4 Å². The van der Waals surface area contributed by atoms with Crippen molar-refractivity contribution in [1.82, 2.24) is 29.4 Å². The summed E-state index contributed by atoms with van der Waals surface area (Å²) < 4.78 is 13.9. The van der Waals surface area contributed by atoms with E-state index >= 15 is 0 Å². The van der Waals surface area contributed by atoms with Crippen molar-refractivity contribution in [2.75, 3.05) is 23.7 Å². The third kappa shape index (κ3) is 7.32. The fourth-order valence-electron chi connectivity index (χ4n) is 5.51. The first-order valence-electron chi connectivity index (χ1n) is 15.6. The molecule has 5 aromatic rings. The Kier molecular flexibility index (Phi) is 8.75. The van der Waals surface area contributed by atoms with Crippen LogP contribution in [0.5, 0.6) is 11.6 Å². The predicted octanol–water partition coefficient (Wildman–Crippen LogP) is 6.59. The molecule has 0 bridgehead atoms. The van der Waals surface area contributed by atoms with Gasteiger partial charge in [0.15, 0.2) is 0 Å². The van der Waals surface area contributed by atoms with E-state index in [2.05, 4.69) is 25.6 Å². The van der Waals surface area contributed by atoms with Gasteiger partial charge in [0.25, 0.3) is 5.91 Å². The van der Waals surface area contributed by atoms with Gasteiger partial charge in [0.1, 0.15) is 17.0 Å². The topological polar surface area (TPSA) is 136 Å². The number of ether oxygens (including phenoxy) is 2. The summed E-state index contributed by atoms with van der Waals surface area (Å²) in [6.07, 6.45) is 8.02. The van der Waals surface area contributed by atoms with E-state index in [1.807, 2.05) is 83.3 Å². The number of piperidine rings is 1. The minimum absolute atomic E-state index is 0.0261. The summed E-state index contributed by atoms with van der Waals surface area (Å²) in [6.45, 7) is 8.70. The lowest BCUT2D eigenvalue weighted by molar-refractivity contribution is 0.0206. The largest absolute Gasteiger partial charge is 0.444 e. The summed E-state index contributed by atoms with van der Waals surface area (Å²) >= 11 is 0. The van der Waals surface area contributed by atoms with Gasteiger partial charge in [0.05, 0.1) is 17.6 Å². The Morgan fingerprint density at radius 2 is 1.83 bits per heavy atom. The first-order valence-corrected chi connectivity index (χ1v) is 15.6. The highest BCUT2D eigenvalue weighted by Crippen LogP contribution is 2.38. The van der Waals surface area contributed by atoms with E-state index in [0.717, 1.165) is 29.2 Å². The summed E-state index contributed by atoms with van der Waals surface area (Å²) in [5.41, 5.74) is 2.64. The van der Waals surface area contributed by atoms with Crippen molar-refractivity contribution in [2.45, 2.75) is 52.2 Å². The lowest BCUT2D eigenvalue weighted by Crippen LogP contribution is -2.47. The van der Waals surface area contributed by atoms with Crippen molar-refractivity contribution in [2.24, 2.45) is 7.05 Å². The van der Waals surface area contributed by atoms with Crippen LogP contribution in [0.2, 0.25) is 0 Å². The molecule has 12 nitrogen and oxygen atoms in total. The molecule has 0 radical (unpaired) electrons. The first-order chi connectivity index (χ1) is 22.5. The minimum atomic E-state index is -0.554. The number of pyridine rings is 1. The van der Waals surface area contributed by atoms with Crippen molar-refractivity contribution >= 4 is 34.4 Å². The second-order valence-electron chi connectivity index (χ2n) is 12.6. The molecule has 2 amide bonds. The van der Waals surface area contributed by atoms with Gasteiger partial charge in [-0.3, -0.25) is 4.79 Å². The van der Waals surface area contributed by atoms with Crippen molar-refractivity contribution in [3.05, 3.63) is 84.7 Å². The summed E-state index contributed by atoms with van der Waals surface area (Å²) in [6, 6.07) is 15.1. The molecule has 1 aliphatic heterocycles. The normalized spacial score (nSPS) is 14.9. The van der Waals surface area contributed by atoms with Gasteiger partial charge < -0.3 is 29.6 Å². The molecular formula is C35H38N8O4. The summed E-state index contributed by atoms with van der Waals surface area (Å²) in [5.74, 6) is 1.15. The maximum atomic E-state index is 12.9. The number of anilines is 2. The lowest BCUT2D eigenvalue weighted by Gasteiger charge is -2.34. The number of nitrogens with one attached hydrogen (secondary N) is 2. The van der Waals surface area contributed by atoms with Crippen LogP contribution >= 0.6 is 0 Å². The van der Waals surface area contributed by atoms with E-state index in [4.69, 9.17) is 14.5 Å². The zero-order valence-corrected chi connectivity index (χ0v) is 27.2. The number of hydrogen-bond donors (Lipinski definition) is 2. The number of aryl methyl sites for hydroxylation is 2. The lowest BCUT2D eigenvalue weighted by atomic mass is 10.0. The number of benzene rings is 2. The molecule has 2 N–H and O–H groups in total. The Hall–Kier alpha value is -5.52. The van der Waals surface area contributed by atoms with Crippen LogP contribution in [0.3, 0.4) is 0 Å². The van der Waals surface area contributed by atoms with E-state index in [-0.39, 0.29) is 18.0 Å². The highest BCUT2D eigenvalue weighted by Gasteiger charge is 2.28. The molecule has 0 spiro atoms. The van der Waals surface area contributed by atoms with E-state index in [1.54, 1.807) is 34.4 Å². The number of carbonyl (C=O) groups excluding carboxylic acids is 2. The Bertz CT molecular complexity index is 1930. The maximum absolute atomic E-state index is 12.9. The predicted molar refractivity (Wildman–Crippen MR) is 180 cm³/mol. The van der Waals surface area contributed by atoms with Gasteiger partial charge >= 0.3 is 6.09 Å². The monoisotopic (exact) mass is 634 g/mol. The van der Waals surface area contributed by atoms with Crippen LogP contribution in [0.4, 0.5) is 16.4 Å². The van der Waals surface area contributed by atoms with Gasteiger partial charge in [-0.2, -0.15) is 0 Å². The Morgan fingerprint density at radius 1 is 0.979 bits per heavy atom. The van der Waals surface area contributed by atoms with Crippen LogP contribution in [0.25, 0.3) is 22.0 Å². The number of imidazole rings is 1. The third-order valence-corrected chi connectivity index (χ3v) is 7.70. The average molecular weight is 635 g/mol. The molecule has 1 saturated heterocycles. The molecule has 47 heavy (non-hydrogen) atoms. The highest BCUT2D eigenvalue weighted by molar-refractivity contribution is 6.09. The molecule has 242 valence electrons. The number of carbonyl (C=O) groups is 2. The second kappa shape index (κ2) is 13.1. The second-order valence-corrected chi connectivity index (χ2v) is 12.6. The van der Waals surface area contributed by atoms with Crippen molar-refractivity contribution < 1.29 is 19.1 Å². The Labute approximate surface area is 273 Å². The standard InChI is InChI=1S/C35H38N8O4/c1-22-13-14-24-25(10-6-12-27(24)40-31(44)29-20-42(5)21-38-29)30(22)46-32-26(11-7-16-36-32)28-15-17-37-33(41-28)39-23-9-8-18-43(19-23)34(45)47-35(2,3)4/h6-7,10-17,20-21,23H,8-9,18-19H2,1-5H3,(H,40,44)(H,37,39,41). The van der Waals surface area contributed by atoms with Crippen molar-refractivity contribution in [3.63, 3.8) is 0 Å². The molecule has 0 saturated carbocycles. The Balaban J connectivity index is 1.24. The van der Waals surface area contributed by atoms with E-state index < -0.39 is 5.60 Å². The molecule has 1 fully saturated rings. The molecule has 12 heteroatoms. The van der Waals surface area contributed by atoms with Gasteiger partial charge in [0, 0.05) is 61.2 Å². The number of nitrogens with zero attached hydrogens (tertiary/aromatic N) is 6. The zero-order chi connectivity index (χ0) is 33.1. The van der Waals surface area contributed by atoms with Crippen LogP contribution in [-0.2, 0) is 11.8 Å². The summed E-state index contributed by atoms with van der Waals surface area (Å²) in [5, 5.41) is 8.02. The van der Waals surface area contributed by atoms with Crippen LogP contribution in [0.15, 0.2) is 73.4 Å². The molecule has 6 rings (SSSR count). The average Bonchev–Trinajstić information content (AvgIpc) is 3.48. The summed E-state index contributed by atoms with van der Waals surface area (Å²) in [4.78, 5) is 45.3. The van der Waals surface area contributed by atoms with Gasteiger partial charge in [-0.05, 0) is 70.4 Å². The number of rotatable bonds is 7. The van der Waals surface area contributed by atoms with E-state index in [9.17, 15) is 9.59 Å². The zero-order valence-electron chi connectivity index (χ0n) is 27.2. The molecule has 1 unspecified atom stereocenters. The van der Waals surface area contributed by atoms with E-state index in [1.165, 1.54) is 0 Å². The maximum Gasteiger partial charge on any atom is 0.410 e. The fourth-order valence-corrected chi connectivity index (χ4v) is 5.51. The van der Waals surface area contributed by atoms with Crippen LogP contribution in [-0.4, -0.2) is 66.1 Å². The molecule has 1 aliphatic rings. The molecule has 2 aromatic carbocycles. The van der Waals surface area contributed by atoms with Crippen molar-refractivity contribution in [1.29, 1.82) is 0 Å². The number of amides is 2. The van der Waals surface area contributed by atoms with Gasteiger partial charge in [-0.15, -0.1) is 0 Å². The highest BCUT2D eigenvalue weighted by atomic mass is 16.6. The molecule has 1 atom stereocenters. The molecule has 4 heterocycles. The quantitative estimate of drug-likeness (QED) is 0.203. The van der Waals surface area contributed by atoms with Gasteiger partial charge in [-0.1, -0.05) is 24.3 Å². The van der Waals surface area contributed by atoms with E-state index in [0.29, 0.717) is 53.3 Å². The molecule has 0 aliphatic carbocycles. The Morgan fingerprint density at radius 3 is 2.62 bits per heavy atom. The first kappa shape index (κ1) is 31.5. The number of hydrogen-bond acceptors (Lipinski definition) is 9. The van der Waals surface area contributed by atoms with Crippen LogP contribution in [0, 0.1) is 6.92 Å². The minimum Gasteiger partial charge on any atom is -0.444 e. The van der Waals surface area contributed by atoms with Crippen LogP contribution in [0.1, 0.15) is 49.7 Å². The number of likely N-dealkylation sites (tertiary alicyclic amines) is 1. The number of fused-ring (bicyclic) bond motifs is 1. The fraction of sp³-hybridized carbons (Fsp3) is 0.314. The summed E-state index contributed by atoms with van der Waals surface area (Å²) in [7, 11) is 1.82. The SMILES string of the molecule is Cc1ccc2c(NC(=O)c3cn(C)cn3)cccc2c1Oc1ncccc1-c1ccnc(NC2CCCN(C(=O)OC(C)(C)C)C2)n1. The number of aromatic nitrogens is 5. The van der Waals surface area contributed by atoms with Crippen molar-refractivity contribution in [3.8, 4) is 22.9 Å². The molecule has 3 aromatic heterocycles. The van der Waals surface area contributed by atoms with Gasteiger partial charge in [0.2, 0.25) is 11.8 Å². The van der Waals surface area contributed by atoms with Gasteiger partial charge in [-0.25, -0.2) is 24.7 Å². The molecular weight excluding hydrogens is 596 g/mol.